The van der Waals surface area contributed by atoms with Gasteiger partial charge in [0, 0.05) is 22.2 Å². The first-order chi connectivity index (χ1) is 30.5. The lowest BCUT2D eigenvalue weighted by molar-refractivity contribution is 0.147. The molecule has 4 unspecified atom stereocenters. The summed E-state index contributed by atoms with van der Waals surface area (Å²) >= 11 is 0. The number of aromatic hydroxyl groups is 1. The van der Waals surface area contributed by atoms with Crippen LogP contribution in [0.4, 0.5) is 0 Å². The lowest BCUT2D eigenvalue weighted by Crippen LogP contribution is -2.25. The summed E-state index contributed by atoms with van der Waals surface area (Å²) in [7, 11) is -2.53. The Morgan fingerprint density at radius 1 is 0.365 bits per heavy atom. The summed E-state index contributed by atoms with van der Waals surface area (Å²) in [4.78, 5) is 0. The monoisotopic (exact) mass is 866 g/mol. The highest BCUT2D eigenvalue weighted by Crippen LogP contribution is 2.48. The van der Waals surface area contributed by atoms with Gasteiger partial charge < -0.3 is 14.0 Å². The molecule has 0 spiro atoms. The van der Waals surface area contributed by atoms with Crippen LogP contribution in [0.3, 0.4) is 0 Å². The van der Waals surface area contributed by atoms with Crippen LogP contribution in [0, 0.1) is 10.8 Å². The summed E-state index contributed by atoms with van der Waals surface area (Å²) in [6, 6.07) is 71.2. The molecule has 0 fully saturated rings. The van der Waals surface area contributed by atoms with Crippen LogP contribution in [-0.4, -0.2) is 24.6 Å². The molecule has 7 rings (SSSR count). The van der Waals surface area contributed by atoms with Crippen LogP contribution in [0.25, 0.3) is 0 Å². The number of rotatable bonds is 18. The molecular weight excluding hydrogens is 801 g/mol. The lowest BCUT2D eigenvalue weighted by atomic mass is 9.72. The first kappa shape index (κ1) is 45.7. The molecular formula is C58H66O3Si2. The molecule has 0 saturated carbocycles. The second-order valence-electron chi connectivity index (χ2n) is 19.3. The van der Waals surface area contributed by atoms with Gasteiger partial charge in [-0.1, -0.05) is 242 Å². The van der Waals surface area contributed by atoms with Gasteiger partial charge >= 0.3 is 0 Å². The molecule has 4 atom stereocenters. The molecule has 3 nitrogen and oxygen atoms in total. The van der Waals surface area contributed by atoms with E-state index in [1.807, 2.05) is 0 Å². The Balaban J connectivity index is 1.32. The van der Waals surface area contributed by atoms with E-state index in [-0.39, 0.29) is 46.0 Å². The molecule has 7 aromatic rings. The van der Waals surface area contributed by atoms with E-state index in [1.165, 1.54) is 33.4 Å². The molecule has 0 amide bonds. The second-order valence-corrected chi connectivity index (χ2v) is 22.3. The van der Waals surface area contributed by atoms with E-state index in [0.717, 1.165) is 24.0 Å². The predicted octanol–water partition coefficient (Wildman–Crippen LogP) is 13.7. The summed E-state index contributed by atoms with van der Waals surface area (Å²) in [6.07, 6.45) is 0.769. The Labute approximate surface area is 382 Å². The minimum atomic E-state index is -1.26. The maximum Gasteiger partial charge on any atom is 0.174 e. The van der Waals surface area contributed by atoms with Crippen LogP contribution >= 0.6 is 0 Å². The van der Waals surface area contributed by atoms with Gasteiger partial charge in [0.05, 0.1) is 12.2 Å². The van der Waals surface area contributed by atoms with Gasteiger partial charge in [-0.15, -0.1) is 0 Å². The molecule has 1 N–H and O–H groups in total. The normalized spacial score (nSPS) is 14.4. The quantitative estimate of drug-likeness (QED) is 0.0874. The van der Waals surface area contributed by atoms with E-state index in [4.69, 9.17) is 8.85 Å². The molecule has 5 heteroatoms. The third-order valence-corrected chi connectivity index (χ3v) is 16.7. The smallest absolute Gasteiger partial charge is 0.174 e. The molecule has 324 valence electrons. The number of phenols is 1. The van der Waals surface area contributed by atoms with Crippen molar-refractivity contribution >= 4 is 19.5 Å². The third-order valence-electron chi connectivity index (χ3n) is 12.9. The van der Waals surface area contributed by atoms with Crippen LogP contribution < -0.4 is 0 Å². The van der Waals surface area contributed by atoms with Gasteiger partial charge in [0.2, 0.25) is 0 Å². The van der Waals surface area contributed by atoms with Crippen LogP contribution in [-0.2, 0) is 8.85 Å². The molecule has 0 saturated heterocycles. The molecule has 0 aliphatic carbocycles. The highest BCUT2D eigenvalue weighted by atomic mass is 28.2. The summed E-state index contributed by atoms with van der Waals surface area (Å²) in [5, 5.41) is 13.0. The van der Waals surface area contributed by atoms with E-state index in [9.17, 15) is 5.11 Å². The average Bonchev–Trinajstić information content (AvgIpc) is 3.30. The zero-order valence-electron chi connectivity index (χ0n) is 38.1. The summed E-state index contributed by atoms with van der Waals surface area (Å²) in [5.74, 6) is 0.643. The first-order valence-electron chi connectivity index (χ1n) is 22.8. The van der Waals surface area contributed by atoms with Crippen molar-refractivity contribution in [3.8, 4) is 5.75 Å². The fraction of sp³-hybridized carbons (Fsp3) is 0.276. The van der Waals surface area contributed by atoms with Crippen LogP contribution in [0.2, 0.25) is 0 Å². The van der Waals surface area contributed by atoms with E-state index in [0.29, 0.717) is 5.75 Å². The van der Waals surface area contributed by atoms with Gasteiger partial charge in [-0.2, -0.15) is 0 Å². The highest BCUT2D eigenvalue weighted by Gasteiger charge is 2.35. The molecule has 7 aromatic carbocycles. The molecule has 0 aromatic heterocycles. The zero-order valence-corrected chi connectivity index (χ0v) is 40.9. The van der Waals surface area contributed by atoms with Crippen molar-refractivity contribution in [1.82, 2.24) is 0 Å². The van der Waals surface area contributed by atoms with Gasteiger partial charge in [0.25, 0.3) is 0 Å². The van der Waals surface area contributed by atoms with Crippen molar-refractivity contribution < 1.29 is 14.0 Å². The largest absolute Gasteiger partial charge is 0.507 e. The van der Waals surface area contributed by atoms with E-state index < -0.39 is 19.5 Å². The Bertz CT molecular complexity index is 2150. The Hall–Kier alpha value is -5.31. The Morgan fingerprint density at radius 3 is 0.873 bits per heavy atom. The molecule has 0 radical (unpaired) electrons. The molecule has 0 heterocycles. The van der Waals surface area contributed by atoms with E-state index in [2.05, 4.69) is 242 Å². The lowest BCUT2D eigenvalue weighted by Gasteiger charge is -2.36. The highest BCUT2D eigenvalue weighted by molar-refractivity contribution is 6.32. The SMILES string of the molecule is CC(C)(C)C(CC(O[SiH2]C(c1ccccc1)c1ccccc1)c1cccc(C(CC(c2ccccc2)C(C)(C)C)O[SiH2]C(c2ccccc2)c2ccccc2)c1O)c1ccccc1. The van der Waals surface area contributed by atoms with Gasteiger partial charge in [-0.25, -0.2) is 0 Å². The number of para-hydroxylation sites is 1. The standard InChI is InChI=1S/C58H66O3Si2/c1-57(2,3)50(42-26-13-7-14-27-42)40-52(60-62-55(44-30-17-9-18-31-44)45-32-19-10-20-33-45)48-38-25-39-49(54(48)59)53(41-51(58(4,5)6)43-28-15-8-16-29-43)61-63-56(46-34-21-11-22-35-46)47-36-23-12-24-37-47/h7-39,50-53,55-56,59H,40-41,62-63H2,1-6H3. The van der Waals surface area contributed by atoms with Gasteiger partial charge in [0.1, 0.15) is 5.75 Å². The Morgan fingerprint density at radius 2 is 0.619 bits per heavy atom. The van der Waals surface area contributed by atoms with Gasteiger partial charge in [0.15, 0.2) is 19.5 Å². The number of benzene rings is 7. The topological polar surface area (TPSA) is 38.7 Å². The Kier molecular flexibility index (Phi) is 15.5. The summed E-state index contributed by atoms with van der Waals surface area (Å²) < 4.78 is 14.9. The van der Waals surface area contributed by atoms with Gasteiger partial charge in [-0.3, -0.25) is 0 Å². The van der Waals surface area contributed by atoms with Gasteiger partial charge in [-0.05, 0) is 68.9 Å². The maximum absolute atomic E-state index is 13.0. The van der Waals surface area contributed by atoms with Crippen molar-refractivity contribution in [2.75, 3.05) is 0 Å². The third kappa shape index (κ3) is 12.0. The van der Waals surface area contributed by atoms with E-state index in [1.54, 1.807) is 0 Å². The van der Waals surface area contributed by atoms with Crippen molar-refractivity contribution in [2.45, 2.75) is 89.5 Å². The maximum atomic E-state index is 13.0. The van der Waals surface area contributed by atoms with Crippen molar-refractivity contribution in [1.29, 1.82) is 0 Å². The average molecular weight is 867 g/mol. The van der Waals surface area contributed by atoms with E-state index >= 15 is 0 Å². The fourth-order valence-electron chi connectivity index (χ4n) is 9.38. The number of hydrogen-bond donors (Lipinski definition) is 1. The minimum Gasteiger partial charge on any atom is -0.507 e. The fourth-order valence-corrected chi connectivity index (χ4v) is 12.7. The summed E-state index contributed by atoms with van der Waals surface area (Å²) in [6.45, 7) is 14.0. The van der Waals surface area contributed by atoms with Crippen LogP contribution in [0.1, 0.15) is 134 Å². The molecule has 0 aliphatic heterocycles. The van der Waals surface area contributed by atoms with Crippen molar-refractivity contribution in [3.05, 3.63) is 245 Å². The number of hydrogen-bond acceptors (Lipinski definition) is 3. The molecule has 0 bridgehead atoms. The van der Waals surface area contributed by atoms with Crippen LogP contribution in [0.5, 0.6) is 5.75 Å². The van der Waals surface area contributed by atoms with Crippen molar-refractivity contribution in [2.24, 2.45) is 10.8 Å². The van der Waals surface area contributed by atoms with Crippen molar-refractivity contribution in [3.63, 3.8) is 0 Å². The minimum absolute atomic E-state index is 0.0627. The molecule has 63 heavy (non-hydrogen) atoms. The molecule has 0 aliphatic rings. The zero-order chi connectivity index (χ0) is 44.2. The predicted molar refractivity (Wildman–Crippen MR) is 269 cm³/mol. The van der Waals surface area contributed by atoms with Crippen LogP contribution in [0.15, 0.2) is 200 Å². The first-order valence-corrected chi connectivity index (χ1v) is 25.6. The second kappa shape index (κ2) is 21.4. The summed E-state index contributed by atoms with van der Waals surface area (Å²) in [5.41, 5.74) is 9.50. The number of phenolic OH excluding ortho intramolecular Hbond substituents is 1.